The summed E-state index contributed by atoms with van der Waals surface area (Å²) in [5.74, 6) is 1.54. The van der Waals surface area contributed by atoms with Crippen LogP contribution in [0, 0.1) is 0 Å². The molecule has 0 bridgehead atoms. The lowest BCUT2D eigenvalue weighted by Gasteiger charge is -2.24. The standard InChI is InChI=1S/C13H16N2O2S/c1-3-7-14-13(18)15(4-2)10-5-6-11-12(8-10)17-9-16-11/h3,5-6,8H,1,4,7,9H2,2H3,(H,14,18). The molecule has 0 aromatic heterocycles. The topological polar surface area (TPSA) is 33.7 Å². The first-order chi connectivity index (χ1) is 8.76. The summed E-state index contributed by atoms with van der Waals surface area (Å²) >= 11 is 5.35. The molecule has 1 heterocycles. The Kier molecular flexibility index (Phi) is 4.04. The second kappa shape index (κ2) is 5.73. The molecular weight excluding hydrogens is 248 g/mol. The van der Waals surface area contributed by atoms with Crippen LogP contribution in [0.4, 0.5) is 5.69 Å². The largest absolute Gasteiger partial charge is 0.454 e. The van der Waals surface area contributed by atoms with Gasteiger partial charge < -0.3 is 19.7 Å². The number of hydrogen-bond donors (Lipinski definition) is 1. The maximum Gasteiger partial charge on any atom is 0.231 e. The summed E-state index contributed by atoms with van der Waals surface area (Å²) < 4.78 is 10.7. The third-order valence-corrected chi connectivity index (χ3v) is 2.99. The van der Waals surface area contributed by atoms with E-state index in [4.69, 9.17) is 21.7 Å². The van der Waals surface area contributed by atoms with Crippen molar-refractivity contribution in [1.29, 1.82) is 0 Å². The smallest absolute Gasteiger partial charge is 0.231 e. The zero-order valence-corrected chi connectivity index (χ0v) is 11.1. The molecule has 2 rings (SSSR count). The molecule has 0 radical (unpaired) electrons. The van der Waals surface area contributed by atoms with E-state index in [2.05, 4.69) is 11.9 Å². The highest BCUT2D eigenvalue weighted by molar-refractivity contribution is 7.80. The van der Waals surface area contributed by atoms with Crippen LogP contribution in [0.25, 0.3) is 0 Å². The molecule has 1 aromatic carbocycles. The van der Waals surface area contributed by atoms with E-state index in [1.807, 2.05) is 30.0 Å². The second-order valence-electron chi connectivity index (χ2n) is 3.76. The van der Waals surface area contributed by atoms with Crippen LogP contribution in [0.2, 0.25) is 0 Å². The molecule has 1 N–H and O–H groups in total. The van der Waals surface area contributed by atoms with Crippen LogP contribution < -0.4 is 19.7 Å². The normalized spacial score (nSPS) is 12.1. The number of anilines is 1. The van der Waals surface area contributed by atoms with Gasteiger partial charge in [0.25, 0.3) is 0 Å². The fraction of sp³-hybridized carbons (Fsp3) is 0.308. The molecule has 0 amide bonds. The Bertz CT molecular complexity index is 462. The van der Waals surface area contributed by atoms with E-state index in [1.165, 1.54) is 0 Å². The number of benzene rings is 1. The van der Waals surface area contributed by atoms with E-state index >= 15 is 0 Å². The summed E-state index contributed by atoms with van der Waals surface area (Å²) in [6.07, 6.45) is 1.78. The Morgan fingerprint density at radius 2 is 2.28 bits per heavy atom. The van der Waals surface area contributed by atoms with Gasteiger partial charge in [0.15, 0.2) is 16.6 Å². The van der Waals surface area contributed by atoms with Gasteiger partial charge in [-0.15, -0.1) is 6.58 Å². The van der Waals surface area contributed by atoms with Crippen molar-refractivity contribution in [3.63, 3.8) is 0 Å². The van der Waals surface area contributed by atoms with Crippen molar-refractivity contribution in [3.05, 3.63) is 30.9 Å². The molecule has 0 atom stereocenters. The molecule has 96 valence electrons. The second-order valence-corrected chi connectivity index (χ2v) is 4.14. The number of hydrogen-bond acceptors (Lipinski definition) is 3. The van der Waals surface area contributed by atoms with Gasteiger partial charge >= 0.3 is 0 Å². The van der Waals surface area contributed by atoms with Crippen molar-refractivity contribution in [2.75, 3.05) is 24.8 Å². The summed E-state index contributed by atoms with van der Waals surface area (Å²) in [5.41, 5.74) is 0.989. The van der Waals surface area contributed by atoms with E-state index in [0.717, 1.165) is 23.7 Å². The zero-order chi connectivity index (χ0) is 13.0. The molecule has 1 aliphatic rings. The molecular formula is C13H16N2O2S. The van der Waals surface area contributed by atoms with Crippen LogP contribution >= 0.6 is 12.2 Å². The van der Waals surface area contributed by atoms with Gasteiger partial charge in [0, 0.05) is 24.8 Å². The highest BCUT2D eigenvalue weighted by Gasteiger charge is 2.16. The van der Waals surface area contributed by atoms with Crippen LogP contribution in [0.5, 0.6) is 11.5 Å². The van der Waals surface area contributed by atoms with Crippen LogP contribution in [-0.2, 0) is 0 Å². The van der Waals surface area contributed by atoms with E-state index in [9.17, 15) is 0 Å². The fourth-order valence-electron chi connectivity index (χ4n) is 1.75. The van der Waals surface area contributed by atoms with Gasteiger partial charge in [-0.1, -0.05) is 6.08 Å². The predicted octanol–water partition coefficient (Wildman–Crippen LogP) is 2.30. The molecule has 0 unspecified atom stereocenters. The van der Waals surface area contributed by atoms with Crippen LogP contribution in [-0.4, -0.2) is 25.0 Å². The van der Waals surface area contributed by atoms with Crippen molar-refractivity contribution < 1.29 is 9.47 Å². The molecule has 1 aliphatic heterocycles. The number of nitrogens with zero attached hydrogens (tertiary/aromatic N) is 1. The molecule has 0 saturated carbocycles. The minimum atomic E-state index is 0.282. The van der Waals surface area contributed by atoms with Gasteiger partial charge in [-0.25, -0.2) is 0 Å². The average Bonchev–Trinajstić information content (AvgIpc) is 2.84. The average molecular weight is 264 g/mol. The maximum absolute atomic E-state index is 5.37. The Labute approximate surface area is 112 Å². The summed E-state index contributed by atoms with van der Waals surface area (Å²) in [6, 6.07) is 5.81. The van der Waals surface area contributed by atoms with E-state index in [-0.39, 0.29) is 6.79 Å². The summed E-state index contributed by atoms with van der Waals surface area (Å²) in [5, 5.41) is 3.79. The quantitative estimate of drug-likeness (QED) is 0.666. The Hall–Kier alpha value is -1.75. The molecule has 0 fully saturated rings. The first-order valence-electron chi connectivity index (χ1n) is 5.82. The van der Waals surface area contributed by atoms with Crippen molar-refractivity contribution >= 4 is 23.0 Å². The number of rotatable bonds is 4. The van der Waals surface area contributed by atoms with E-state index < -0.39 is 0 Å². The zero-order valence-electron chi connectivity index (χ0n) is 10.3. The molecule has 4 nitrogen and oxygen atoms in total. The first-order valence-corrected chi connectivity index (χ1v) is 6.23. The van der Waals surface area contributed by atoms with Crippen molar-refractivity contribution in [2.45, 2.75) is 6.92 Å². The Morgan fingerprint density at radius 1 is 1.50 bits per heavy atom. The molecule has 1 aromatic rings. The third kappa shape index (κ3) is 2.56. The van der Waals surface area contributed by atoms with Gasteiger partial charge in [0.1, 0.15) is 0 Å². The van der Waals surface area contributed by atoms with Gasteiger partial charge in [-0.05, 0) is 31.3 Å². The van der Waals surface area contributed by atoms with Gasteiger partial charge in [0.05, 0.1) is 0 Å². The lowest BCUT2D eigenvalue weighted by molar-refractivity contribution is 0.174. The van der Waals surface area contributed by atoms with Crippen LogP contribution in [0.1, 0.15) is 6.92 Å². The number of fused-ring (bicyclic) bond motifs is 1. The summed E-state index contributed by atoms with van der Waals surface area (Å²) in [6.45, 7) is 7.42. The SMILES string of the molecule is C=CCNC(=S)N(CC)c1ccc2c(c1)OCO2. The maximum atomic E-state index is 5.37. The Balaban J connectivity index is 2.17. The van der Waals surface area contributed by atoms with Gasteiger partial charge in [0.2, 0.25) is 6.79 Å². The van der Waals surface area contributed by atoms with Crippen molar-refractivity contribution in [2.24, 2.45) is 0 Å². The highest BCUT2D eigenvalue weighted by Crippen LogP contribution is 2.35. The minimum absolute atomic E-state index is 0.282. The van der Waals surface area contributed by atoms with E-state index in [1.54, 1.807) is 6.08 Å². The summed E-state index contributed by atoms with van der Waals surface area (Å²) in [4.78, 5) is 2.00. The molecule has 0 aliphatic carbocycles. The number of nitrogens with one attached hydrogen (secondary N) is 1. The monoisotopic (exact) mass is 264 g/mol. The molecule has 5 heteroatoms. The highest BCUT2D eigenvalue weighted by atomic mass is 32.1. The third-order valence-electron chi connectivity index (χ3n) is 2.63. The molecule has 18 heavy (non-hydrogen) atoms. The summed E-state index contributed by atoms with van der Waals surface area (Å²) in [7, 11) is 0. The van der Waals surface area contributed by atoms with Crippen molar-refractivity contribution in [3.8, 4) is 11.5 Å². The van der Waals surface area contributed by atoms with Crippen LogP contribution in [0.15, 0.2) is 30.9 Å². The van der Waals surface area contributed by atoms with Gasteiger partial charge in [-0.3, -0.25) is 0 Å². The number of thiocarbonyl (C=S) groups is 1. The van der Waals surface area contributed by atoms with Gasteiger partial charge in [-0.2, -0.15) is 0 Å². The predicted molar refractivity (Wildman–Crippen MR) is 76.4 cm³/mol. The molecule has 0 spiro atoms. The van der Waals surface area contributed by atoms with Crippen molar-refractivity contribution in [1.82, 2.24) is 5.32 Å². The number of ether oxygens (including phenoxy) is 2. The lowest BCUT2D eigenvalue weighted by Crippen LogP contribution is -2.39. The molecule has 0 saturated heterocycles. The Morgan fingerprint density at radius 3 is 3.00 bits per heavy atom. The van der Waals surface area contributed by atoms with E-state index in [0.29, 0.717) is 11.7 Å². The minimum Gasteiger partial charge on any atom is -0.454 e. The fourth-order valence-corrected chi connectivity index (χ4v) is 2.07. The lowest BCUT2D eigenvalue weighted by atomic mass is 10.2. The van der Waals surface area contributed by atoms with Crippen LogP contribution in [0.3, 0.4) is 0 Å². The first kappa shape index (κ1) is 12.7.